The van der Waals surface area contributed by atoms with Gasteiger partial charge in [-0.25, -0.2) is 4.68 Å². The maximum atomic E-state index is 12.0. The third-order valence-corrected chi connectivity index (χ3v) is 2.91. The van der Waals surface area contributed by atoms with Crippen LogP contribution in [-0.2, 0) is 7.05 Å². The van der Waals surface area contributed by atoms with E-state index in [9.17, 15) is 4.79 Å². The van der Waals surface area contributed by atoms with Gasteiger partial charge in [0.05, 0.1) is 5.39 Å². The zero-order valence-electron chi connectivity index (χ0n) is 10.6. The second-order valence-corrected chi connectivity index (χ2v) is 4.38. The molecule has 0 saturated heterocycles. The van der Waals surface area contributed by atoms with Crippen molar-refractivity contribution < 1.29 is 0 Å². The summed E-state index contributed by atoms with van der Waals surface area (Å²) >= 11 is 0. The van der Waals surface area contributed by atoms with Gasteiger partial charge in [0.2, 0.25) is 0 Å². The predicted molar refractivity (Wildman–Crippen MR) is 73.6 cm³/mol. The molecule has 2 N–H and O–H groups in total. The Labute approximate surface area is 109 Å². The minimum absolute atomic E-state index is 0.112. The molecule has 6 nitrogen and oxygen atoms in total. The van der Waals surface area contributed by atoms with Crippen LogP contribution in [0.3, 0.4) is 0 Å². The quantitative estimate of drug-likeness (QED) is 0.731. The molecule has 19 heavy (non-hydrogen) atoms. The van der Waals surface area contributed by atoms with E-state index in [0.29, 0.717) is 17.0 Å². The van der Waals surface area contributed by atoms with E-state index in [1.54, 1.807) is 13.1 Å². The Kier molecular flexibility index (Phi) is 2.56. The van der Waals surface area contributed by atoms with Crippen molar-refractivity contribution in [3.63, 3.8) is 0 Å². The first-order valence-electron chi connectivity index (χ1n) is 5.90. The summed E-state index contributed by atoms with van der Waals surface area (Å²) in [6.07, 6.45) is 0. The molecule has 0 bridgehead atoms. The zero-order chi connectivity index (χ0) is 13.4. The van der Waals surface area contributed by atoms with Crippen molar-refractivity contribution >= 4 is 22.4 Å². The normalized spacial score (nSPS) is 10.8. The minimum Gasteiger partial charge on any atom is -0.321 e. The van der Waals surface area contributed by atoms with Gasteiger partial charge in [-0.3, -0.25) is 9.89 Å². The fraction of sp³-hybridized carbons (Fsp3) is 0.154. The van der Waals surface area contributed by atoms with Gasteiger partial charge in [0.25, 0.3) is 5.56 Å². The lowest BCUT2D eigenvalue weighted by Crippen LogP contribution is -2.20. The van der Waals surface area contributed by atoms with Crippen molar-refractivity contribution in [1.29, 1.82) is 0 Å². The van der Waals surface area contributed by atoms with Crippen LogP contribution >= 0.6 is 0 Å². The Morgan fingerprint density at radius 1 is 1.26 bits per heavy atom. The highest BCUT2D eigenvalue weighted by atomic mass is 16.1. The van der Waals surface area contributed by atoms with E-state index in [2.05, 4.69) is 20.6 Å². The lowest BCUT2D eigenvalue weighted by molar-refractivity contribution is 0.723. The number of fused-ring (bicyclic) bond motifs is 1. The van der Waals surface area contributed by atoms with Crippen molar-refractivity contribution in [2.45, 2.75) is 6.92 Å². The number of hydrogen-bond acceptors (Lipinski definition) is 4. The number of H-pyrrole nitrogens is 1. The predicted octanol–water partition coefficient (Wildman–Crippen LogP) is 1.71. The fourth-order valence-electron chi connectivity index (χ4n) is 2.00. The number of benzene rings is 1. The first kappa shape index (κ1) is 11.5. The molecule has 0 radical (unpaired) electrons. The lowest BCUT2D eigenvalue weighted by Gasteiger charge is -2.08. The number of nitrogens with zero attached hydrogens (tertiary/aromatic N) is 3. The van der Waals surface area contributed by atoms with Gasteiger partial charge in [-0.1, -0.05) is 18.2 Å². The molecule has 3 aromatic rings. The highest BCUT2D eigenvalue weighted by Crippen LogP contribution is 2.20. The highest BCUT2D eigenvalue weighted by molar-refractivity contribution is 5.92. The summed E-state index contributed by atoms with van der Waals surface area (Å²) in [4.78, 5) is 12.0. The van der Waals surface area contributed by atoms with E-state index in [1.165, 1.54) is 4.68 Å². The van der Waals surface area contributed by atoms with E-state index in [-0.39, 0.29) is 5.56 Å². The van der Waals surface area contributed by atoms with Crippen molar-refractivity contribution in [3.8, 4) is 0 Å². The van der Waals surface area contributed by atoms with Crippen LogP contribution in [0.2, 0.25) is 0 Å². The van der Waals surface area contributed by atoms with Crippen LogP contribution in [0, 0.1) is 6.92 Å². The van der Waals surface area contributed by atoms with Gasteiger partial charge >= 0.3 is 0 Å². The van der Waals surface area contributed by atoms with E-state index < -0.39 is 0 Å². The Hall–Kier alpha value is -2.63. The standard InChI is InChI=1S/C13H13N5O/c1-8-7-11(16-15-8)14-12-9-5-3-4-6-10(9)13(19)18(2)17-12/h3-7H,1-2H3,(H2,14,15,16,17). The molecule has 96 valence electrons. The van der Waals surface area contributed by atoms with Crippen molar-refractivity contribution in [1.82, 2.24) is 20.0 Å². The summed E-state index contributed by atoms with van der Waals surface area (Å²) in [5.41, 5.74) is 0.844. The Balaban J connectivity index is 2.18. The molecule has 2 aromatic heterocycles. The summed E-state index contributed by atoms with van der Waals surface area (Å²) in [7, 11) is 1.63. The Bertz CT molecular complexity index is 802. The number of hydrogen-bond donors (Lipinski definition) is 2. The second-order valence-electron chi connectivity index (χ2n) is 4.38. The largest absolute Gasteiger partial charge is 0.321 e. The maximum absolute atomic E-state index is 12.0. The van der Waals surface area contributed by atoms with E-state index in [0.717, 1.165) is 11.1 Å². The summed E-state index contributed by atoms with van der Waals surface area (Å²) in [6, 6.07) is 9.25. The molecule has 0 aliphatic rings. The second kappa shape index (κ2) is 4.24. The van der Waals surface area contributed by atoms with Crippen LogP contribution in [0.1, 0.15) is 5.69 Å². The molecule has 0 unspecified atom stereocenters. The highest BCUT2D eigenvalue weighted by Gasteiger charge is 2.09. The molecule has 3 rings (SSSR count). The van der Waals surface area contributed by atoms with E-state index >= 15 is 0 Å². The Morgan fingerprint density at radius 2 is 2.00 bits per heavy atom. The average Bonchev–Trinajstić information content (AvgIpc) is 2.81. The maximum Gasteiger partial charge on any atom is 0.274 e. The van der Waals surface area contributed by atoms with Gasteiger partial charge < -0.3 is 5.32 Å². The molecule has 2 heterocycles. The average molecular weight is 255 g/mol. The molecule has 0 aliphatic carbocycles. The fourth-order valence-corrected chi connectivity index (χ4v) is 2.00. The van der Waals surface area contributed by atoms with Gasteiger partial charge in [0.1, 0.15) is 0 Å². The van der Waals surface area contributed by atoms with Crippen molar-refractivity contribution in [2.75, 3.05) is 5.32 Å². The topological polar surface area (TPSA) is 75.6 Å². The SMILES string of the molecule is Cc1cc(Nc2nn(C)c(=O)c3ccccc23)n[nH]1. The van der Waals surface area contributed by atoms with Crippen LogP contribution in [-0.4, -0.2) is 20.0 Å². The van der Waals surface area contributed by atoms with E-state index in [1.807, 2.05) is 31.2 Å². The molecule has 1 aromatic carbocycles. The number of rotatable bonds is 2. The van der Waals surface area contributed by atoms with Gasteiger partial charge in [-0.15, -0.1) is 0 Å². The van der Waals surface area contributed by atoms with Crippen molar-refractivity contribution in [2.24, 2.45) is 7.05 Å². The van der Waals surface area contributed by atoms with Gasteiger partial charge in [-0.2, -0.15) is 10.2 Å². The monoisotopic (exact) mass is 255 g/mol. The molecule has 0 amide bonds. The third-order valence-electron chi connectivity index (χ3n) is 2.91. The van der Waals surface area contributed by atoms with E-state index in [4.69, 9.17) is 0 Å². The zero-order valence-corrected chi connectivity index (χ0v) is 10.6. The molecule has 0 saturated carbocycles. The smallest absolute Gasteiger partial charge is 0.274 e. The molecule has 6 heteroatoms. The summed E-state index contributed by atoms with van der Waals surface area (Å²) in [5, 5.41) is 15.7. The Morgan fingerprint density at radius 3 is 2.68 bits per heavy atom. The number of aryl methyl sites for hydroxylation is 2. The van der Waals surface area contributed by atoms with Crippen LogP contribution in [0.4, 0.5) is 11.6 Å². The van der Waals surface area contributed by atoms with Gasteiger partial charge in [-0.05, 0) is 13.0 Å². The van der Waals surface area contributed by atoms with Crippen LogP contribution < -0.4 is 10.9 Å². The summed E-state index contributed by atoms with van der Waals surface area (Å²) in [5.74, 6) is 1.29. The summed E-state index contributed by atoms with van der Waals surface area (Å²) < 4.78 is 1.32. The third kappa shape index (κ3) is 1.97. The summed E-state index contributed by atoms with van der Waals surface area (Å²) in [6.45, 7) is 1.92. The van der Waals surface area contributed by atoms with Gasteiger partial charge in [0, 0.05) is 24.2 Å². The molecule has 0 fully saturated rings. The lowest BCUT2D eigenvalue weighted by atomic mass is 10.2. The number of nitrogens with one attached hydrogen (secondary N) is 2. The number of anilines is 2. The molecule has 0 aliphatic heterocycles. The minimum atomic E-state index is -0.112. The number of aromatic amines is 1. The first-order chi connectivity index (χ1) is 9.15. The van der Waals surface area contributed by atoms with Crippen molar-refractivity contribution in [3.05, 3.63) is 46.4 Å². The van der Waals surface area contributed by atoms with Crippen LogP contribution in [0.25, 0.3) is 10.8 Å². The molecular weight excluding hydrogens is 242 g/mol. The van der Waals surface area contributed by atoms with Crippen LogP contribution in [0.5, 0.6) is 0 Å². The molecule has 0 atom stereocenters. The number of aromatic nitrogens is 4. The van der Waals surface area contributed by atoms with Crippen LogP contribution in [0.15, 0.2) is 35.1 Å². The first-order valence-corrected chi connectivity index (χ1v) is 5.90. The van der Waals surface area contributed by atoms with Gasteiger partial charge in [0.15, 0.2) is 11.6 Å². The molecule has 0 spiro atoms. The molecular formula is C13H13N5O.